The number of carbonyl (C=O) groups excluding carboxylic acids is 1. The first kappa shape index (κ1) is 13.5. The summed E-state index contributed by atoms with van der Waals surface area (Å²) in [6, 6.07) is -0.359. The zero-order chi connectivity index (χ0) is 12.1. The van der Waals surface area contributed by atoms with E-state index in [2.05, 4.69) is 12.2 Å². The Morgan fingerprint density at radius 3 is 2.38 bits per heavy atom. The fourth-order valence-electron chi connectivity index (χ4n) is 2.20. The van der Waals surface area contributed by atoms with Crippen LogP contribution in [-0.2, 0) is 4.79 Å². The monoisotopic (exact) mass is 226 g/mol. The van der Waals surface area contributed by atoms with Crippen molar-refractivity contribution in [1.82, 2.24) is 5.32 Å². The maximum Gasteiger partial charge on any atom is 0.237 e. The van der Waals surface area contributed by atoms with Crippen molar-refractivity contribution in [1.29, 1.82) is 0 Å². The molecule has 1 unspecified atom stereocenters. The molecule has 0 aromatic rings. The van der Waals surface area contributed by atoms with E-state index in [1.807, 2.05) is 13.8 Å². The van der Waals surface area contributed by atoms with Crippen molar-refractivity contribution in [2.75, 3.05) is 6.54 Å². The summed E-state index contributed by atoms with van der Waals surface area (Å²) < 4.78 is 0. The summed E-state index contributed by atoms with van der Waals surface area (Å²) >= 11 is 0. The maximum atomic E-state index is 11.7. The predicted molar refractivity (Wildman–Crippen MR) is 66.9 cm³/mol. The Kier molecular flexibility index (Phi) is 5.26. The Labute approximate surface area is 99.2 Å². The van der Waals surface area contributed by atoms with Crippen molar-refractivity contribution in [3.05, 3.63) is 0 Å². The first-order valence-electron chi connectivity index (χ1n) is 6.54. The molecule has 3 N–H and O–H groups in total. The second-order valence-electron chi connectivity index (χ2n) is 5.64. The number of hydrogen-bond acceptors (Lipinski definition) is 2. The minimum Gasteiger partial charge on any atom is -0.354 e. The van der Waals surface area contributed by atoms with Gasteiger partial charge in [-0.2, -0.15) is 0 Å². The molecule has 16 heavy (non-hydrogen) atoms. The third kappa shape index (κ3) is 4.12. The van der Waals surface area contributed by atoms with Crippen LogP contribution < -0.4 is 11.1 Å². The lowest BCUT2D eigenvalue weighted by molar-refractivity contribution is -0.123. The Morgan fingerprint density at radius 1 is 1.31 bits per heavy atom. The molecule has 0 aromatic carbocycles. The van der Waals surface area contributed by atoms with Crippen molar-refractivity contribution >= 4 is 5.91 Å². The lowest BCUT2D eigenvalue weighted by Gasteiger charge is -2.27. The highest BCUT2D eigenvalue weighted by atomic mass is 16.2. The average molecular weight is 226 g/mol. The van der Waals surface area contributed by atoms with E-state index in [4.69, 9.17) is 5.73 Å². The highest BCUT2D eigenvalue weighted by Crippen LogP contribution is 2.27. The van der Waals surface area contributed by atoms with Crippen LogP contribution in [0.1, 0.15) is 46.5 Å². The van der Waals surface area contributed by atoms with Gasteiger partial charge in [-0.1, -0.05) is 33.6 Å². The van der Waals surface area contributed by atoms with E-state index in [0.29, 0.717) is 5.92 Å². The van der Waals surface area contributed by atoms with Crippen molar-refractivity contribution in [2.45, 2.75) is 52.5 Å². The van der Waals surface area contributed by atoms with Gasteiger partial charge in [0.05, 0.1) is 6.04 Å². The van der Waals surface area contributed by atoms with Gasteiger partial charge >= 0.3 is 0 Å². The molecule has 0 heterocycles. The van der Waals surface area contributed by atoms with Crippen molar-refractivity contribution in [3.8, 4) is 0 Å². The van der Waals surface area contributed by atoms with Crippen molar-refractivity contribution < 1.29 is 4.79 Å². The molecule has 1 fully saturated rings. The van der Waals surface area contributed by atoms with E-state index in [9.17, 15) is 4.79 Å². The molecule has 1 saturated carbocycles. The van der Waals surface area contributed by atoms with Gasteiger partial charge in [0.25, 0.3) is 0 Å². The highest BCUT2D eigenvalue weighted by molar-refractivity contribution is 5.81. The summed E-state index contributed by atoms with van der Waals surface area (Å²) in [5.74, 6) is 1.75. The number of hydrogen-bond donors (Lipinski definition) is 2. The van der Waals surface area contributed by atoms with Gasteiger partial charge in [0, 0.05) is 6.54 Å². The number of nitrogens with two attached hydrogens (primary N) is 1. The van der Waals surface area contributed by atoms with Crippen molar-refractivity contribution in [3.63, 3.8) is 0 Å². The van der Waals surface area contributed by atoms with Crippen LogP contribution in [-0.4, -0.2) is 18.5 Å². The minimum absolute atomic E-state index is 0.00798. The summed E-state index contributed by atoms with van der Waals surface area (Å²) in [4.78, 5) is 11.7. The summed E-state index contributed by atoms with van der Waals surface area (Å²) in [6.07, 6.45) is 5.10. The van der Waals surface area contributed by atoms with Crippen LogP contribution in [0.25, 0.3) is 0 Å². The molecule has 0 aromatic heterocycles. The van der Waals surface area contributed by atoms with E-state index in [1.54, 1.807) is 0 Å². The molecule has 1 rings (SSSR count). The number of amides is 1. The second kappa shape index (κ2) is 6.24. The molecule has 1 amide bonds. The summed E-state index contributed by atoms with van der Waals surface area (Å²) in [5.41, 5.74) is 5.79. The van der Waals surface area contributed by atoms with E-state index in [-0.39, 0.29) is 17.9 Å². The average Bonchev–Trinajstić information content (AvgIpc) is 2.26. The van der Waals surface area contributed by atoms with E-state index < -0.39 is 0 Å². The number of nitrogens with one attached hydrogen (secondary N) is 1. The van der Waals surface area contributed by atoms with Gasteiger partial charge < -0.3 is 11.1 Å². The van der Waals surface area contributed by atoms with Gasteiger partial charge in [0.2, 0.25) is 5.91 Å². The number of rotatable bonds is 4. The Balaban J connectivity index is 2.22. The molecule has 0 radical (unpaired) electrons. The molecule has 0 bridgehead atoms. The van der Waals surface area contributed by atoms with Gasteiger partial charge in [-0.25, -0.2) is 0 Å². The van der Waals surface area contributed by atoms with Crippen LogP contribution in [0.3, 0.4) is 0 Å². The Hall–Kier alpha value is -0.570. The zero-order valence-corrected chi connectivity index (χ0v) is 10.8. The van der Waals surface area contributed by atoms with E-state index in [1.165, 1.54) is 25.7 Å². The third-order valence-corrected chi connectivity index (χ3v) is 3.72. The predicted octanol–water partition coefficient (Wildman–Crippen LogP) is 1.91. The molecular weight excluding hydrogens is 200 g/mol. The first-order valence-corrected chi connectivity index (χ1v) is 6.54. The third-order valence-electron chi connectivity index (χ3n) is 3.72. The van der Waals surface area contributed by atoms with Crippen LogP contribution in [0, 0.1) is 17.8 Å². The first-order chi connectivity index (χ1) is 7.50. The molecular formula is C13H26N2O. The summed E-state index contributed by atoms with van der Waals surface area (Å²) in [5, 5.41) is 2.98. The van der Waals surface area contributed by atoms with Crippen molar-refractivity contribution in [2.24, 2.45) is 23.5 Å². The Bertz CT molecular complexity index is 220. The lowest BCUT2D eigenvalue weighted by Crippen LogP contribution is -2.45. The molecule has 3 nitrogen and oxygen atoms in total. The maximum absolute atomic E-state index is 11.7. The molecule has 0 spiro atoms. The minimum atomic E-state index is -0.359. The number of carbonyl (C=O) groups is 1. The lowest BCUT2D eigenvalue weighted by atomic mass is 9.83. The van der Waals surface area contributed by atoms with Gasteiger partial charge in [-0.05, 0) is 30.6 Å². The van der Waals surface area contributed by atoms with Crippen LogP contribution in [0.15, 0.2) is 0 Å². The molecule has 1 aliphatic rings. The molecule has 1 aliphatic carbocycles. The van der Waals surface area contributed by atoms with Gasteiger partial charge in [0.1, 0.15) is 0 Å². The molecule has 0 aliphatic heterocycles. The normalized spacial score (nSPS) is 27.8. The SMILES string of the molecule is CC1CCC(CNC(=O)C(N)C(C)C)CC1. The topological polar surface area (TPSA) is 55.1 Å². The standard InChI is InChI=1S/C13H26N2O/c1-9(2)12(14)13(16)15-8-11-6-4-10(3)5-7-11/h9-12H,4-8,14H2,1-3H3,(H,15,16). The van der Waals surface area contributed by atoms with Crippen LogP contribution >= 0.6 is 0 Å². The van der Waals surface area contributed by atoms with Crippen LogP contribution in [0.2, 0.25) is 0 Å². The fraction of sp³-hybridized carbons (Fsp3) is 0.923. The molecule has 0 saturated heterocycles. The quantitative estimate of drug-likeness (QED) is 0.769. The highest BCUT2D eigenvalue weighted by Gasteiger charge is 2.21. The molecule has 94 valence electrons. The molecule has 3 heteroatoms. The smallest absolute Gasteiger partial charge is 0.237 e. The summed E-state index contributed by atoms with van der Waals surface area (Å²) in [6.45, 7) is 7.08. The van der Waals surface area contributed by atoms with Gasteiger partial charge in [0.15, 0.2) is 0 Å². The fourth-order valence-corrected chi connectivity index (χ4v) is 2.20. The largest absolute Gasteiger partial charge is 0.354 e. The van der Waals surface area contributed by atoms with E-state index >= 15 is 0 Å². The van der Waals surface area contributed by atoms with Crippen LogP contribution in [0.4, 0.5) is 0 Å². The molecule has 1 atom stereocenters. The summed E-state index contributed by atoms with van der Waals surface area (Å²) in [7, 11) is 0. The van der Waals surface area contributed by atoms with Gasteiger partial charge in [-0.15, -0.1) is 0 Å². The van der Waals surface area contributed by atoms with Crippen LogP contribution in [0.5, 0.6) is 0 Å². The second-order valence-corrected chi connectivity index (χ2v) is 5.64. The zero-order valence-electron chi connectivity index (χ0n) is 10.8. The Morgan fingerprint density at radius 2 is 1.88 bits per heavy atom. The van der Waals surface area contributed by atoms with E-state index in [0.717, 1.165) is 12.5 Å². The van der Waals surface area contributed by atoms with Gasteiger partial charge in [-0.3, -0.25) is 4.79 Å².